The Balaban J connectivity index is 1.35. The maximum atomic E-state index is 13.2. The van der Waals surface area contributed by atoms with E-state index < -0.39 is 0 Å². The molecule has 0 bridgehead atoms. The lowest BCUT2D eigenvalue weighted by molar-refractivity contribution is 0.00657. The Kier molecular flexibility index (Phi) is 6.18. The molecule has 1 amide bonds. The monoisotopic (exact) mass is 336 g/mol. The maximum Gasteiger partial charge on any atom is 0.254 e. The molecule has 0 radical (unpaired) electrons. The van der Waals surface area contributed by atoms with Crippen LogP contribution in [0.25, 0.3) is 0 Å². The zero-order valence-electron chi connectivity index (χ0n) is 14.0. The normalized spacial score (nSPS) is 22.0. The van der Waals surface area contributed by atoms with Gasteiger partial charge in [0.25, 0.3) is 5.91 Å². The molecule has 24 heavy (non-hydrogen) atoms. The van der Waals surface area contributed by atoms with Gasteiger partial charge in [-0.05, 0) is 31.0 Å². The minimum absolute atomic E-state index is 0.0937. The Labute approximate surface area is 142 Å². The predicted molar refractivity (Wildman–Crippen MR) is 88.5 cm³/mol. The van der Waals surface area contributed by atoms with E-state index in [1.807, 2.05) is 0 Å². The SMILES string of the molecule is O=C(c1cccc(F)c1)N1CCN(CCOC[C@@H]2CCCO2)CC1. The number of carbonyl (C=O) groups is 1. The molecule has 0 aromatic heterocycles. The molecule has 1 aromatic rings. The van der Waals surface area contributed by atoms with Gasteiger partial charge in [-0.25, -0.2) is 4.39 Å². The van der Waals surface area contributed by atoms with Crippen LogP contribution in [0.15, 0.2) is 24.3 Å². The van der Waals surface area contributed by atoms with Crippen molar-refractivity contribution in [3.8, 4) is 0 Å². The van der Waals surface area contributed by atoms with Gasteiger partial charge in [-0.3, -0.25) is 9.69 Å². The average molecular weight is 336 g/mol. The number of benzene rings is 1. The number of carbonyl (C=O) groups excluding carboxylic acids is 1. The van der Waals surface area contributed by atoms with Crippen molar-refractivity contribution in [3.05, 3.63) is 35.6 Å². The van der Waals surface area contributed by atoms with E-state index in [1.54, 1.807) is 17.0 Å². The molecular weight excluding hydrogens is 311 g/mol. The van der Waals surface area contributed by atoms with Crippen LogP contribution in [0, 0.1) is 5.82 Å². The molecule has 0 N–H and O–H groups in total. The minimum atomic E-state index is -0.372. The number of hydrogen-bond donors (Lipinski definition) is 0. The third-order valence-electron chi connectivity index (χ3n) is 4.61. The predicted octanol–water partition coefficient (Wildman–Crippen LogP) is 1.78. The van der Waals surface area contributed by atoms with Crippen LogP contribution in [-0.2, 0) is 9.47 Å². The molecule has 0 aliphatic carbocycles. The topological polar surface area (TPSA) is 42.0 Å². The van der Waals surface area contributed by atoms with Gasteiger partial charge in [0.05, 0.1) is 19.3 Å². The Morgan fingerprint density at radius 2 is 2.12 bits per heavy atom. The zero-order valence-corrected chi connectivity index (χ0v) is 14.0. The highest BCUT2D eigenvalue weighted by Crippen LogP contribution is 2.12. The number of ether oxygens (including phenoxy) is 2. The quantitative estimate of drug-likeness (QED) is 0.743. The summed E-state index contributed by atoms with van der Waals surface area (Å²) >= 11 is 0. The number of nitrogens with zero attached hydrogens (tertiary/aromatic N) is 2. The molecular formula is C18H25FN2O3. The van der Waals surface area contributed by atoms with Crippen molar-refractivity contribution in [2.45, 2.75) is 18.9 Å². The second kappa shape index (κ2) is 8.55. The summed E-state index contributed by atoms with van der Waals surface area (Å²) in [7, 11) is 0. The molecule has 0 unspecified atom stereocenters. The van der Waals surface area contributed by atoms with Crippen LogP contribution in [0.2, 0.25) is 0 Å². The Hall–Kier alpha value is -1.50. The van der Waals surface area contributed by atoms with E-state index in [4.69, 9.17) is 9.47 Å². The minimum Gasteiger partial charge on any atom is -0.377 e. The summed E-state index contributed by atoms with van der Waals surface area (Å²) in [6.45, 7) is 6.08. The van der Waals surface area contributed by atoms with Gasteiger partial charge in [0.15, 0.2) is 0 Å². The summed E-state index contributed by atoms with van der Waals surface area (Å²) in [5, 5.41) is 0. The first-order valence-corrected chi connectivity index (χ1v) is 8.69. The second-order valence-corrected chi connectivity index (χ2v) is 6.35. The standard InChI is InChI=1S/C18H25FN2O3/c19-16-4-1-3-15(13-16)18(22)21-8-6-20(7-9-21)10-12-23-14-17-5-2-11-24-17/h1,3-4,13,17H,2,5-12,14H2/t17-/m0/s1. The van der Waals surface area contributed by atoms with E-state index >= 15 is 0 Å². The molecule has 6 heteroatoms. The molecule has 3 rings (SSSR count). The Bertz CT molecular complexity index is 541. The van der Waals surface area contributed by atoms with Crippen molar-refractivity contribution in [2.24, 2.45) is 0 Å². The van der Waals surface area contributed by atoms with Gasteiger partial charge in [-0.15, -0.1) is 0 Å². The molecule has 1 aromatic carbocycles. The fourth-order valence-electron chi connectivity index (χ4n) is 3.16. The molecule has 2 aliphatic rings. The summed E-state index contributed by atoms with van der Waals surface area (Å²) in [6, 6.07) is 5.89. The first-order chi connectivity index (χ1) is 11.7. The van der Waals surface area contributed by atoms with E-state index in [2.05, 4.69) is 4.90 Å². The van der Waals surface area contributed by atoms with E-state index in [9.17, 15) is 9.18 Å². The van der Waals surface area contributed by atoms with Gasteiger partial charge in [-0.1, -0.05) is 6.07 Å². The largest absolute Gasteiger partial charge is 0.377 e. The Morgan fingerprint density at radius 3 is 2.83 bits per heavy atom. The molecule has 2 heterocycles. The molecule has 132 valence electrons. The molecule has 2 fully saturated rings. The van der Waals surface area contributed by atoms with E-state index in [1.165, 1.54) is 12.1 Å². The number of halogens is 1. The van der Waals surface area contributed by atoms with Crippen LogP contribution >= 0.6 is 0 Å². The number of amides is 1. The summed E-state index contributed by atoms with van der Waals surface area (Å²) in [4.78, 5) is 16.5. The molecule has 2 aliphatic heterocycles. The highest BCUT2D eigenvalue weighted by Gasteiger charge is 2.22. The smallest absolute Gasteiger partial charge is 0.254 e. The van der Waals surface area contributed by atoms with Gasteiger partial charge in [-0.2, -0.15) is 0 Å². The summed E-state index contributed by atoms with van der Waals surface area (Å²) in [5.41, 5.74) is 0.420. The fraction of sp³-hybridized carbons (Fsp3) is 0.611. The molecule has 1 atom stereocenters. The van der Waals surface area contributed by atoms with Gasteiger partial charge in [0, 0.05) is 44.9 Å². The first kappa shape index (κ1) is 17.3. The maximum absolute atomic E-state index is 13.2. The Morgan fingerprint density at radius 1 is 1.29 bits per heavy atom. The van der Waals surface area contributed by atoms with Crippen molar-refractivity contribution >= 4 is 5.91 Å². The van der Waals surface area contributed by atoms with E-state index in [-0.39, 0.29) is 17.8 Å². The van der Waals surface area contributed by atoms with Crippen LogP contribution in [-0.4, -0.2) is 74.4 Å². The van der Waals surface area contributed by atoms with Crippen LogP contribution in [0.4, 0.5) is 4.39 Å². The van der Waals surface area contributed by atoms with Gasteiger partial charge in [0.1, 0.15) is 5.82 Å². The summed E-state index contributed by atoms with van der Waals surface area (Å²) in [5.74, 6) is -0.466. The lowest BCUT2D eigenvalue weighted by atomic mass is 10.1. The molecule has 5 nitrogen and oxygen atoms in total. The first-order valence-electron chi connectivity index (χ1n) is 8.69. The highest BCUT2D eigenvalue weighted by atomic mass is 19.1. The van der Waals surface area contributed by atoms with Crippen molar-refractivity contribution in [3.63, 3.8) is 0 Å². The molecule has 2 saturated heterocycles. The van der Waals surface area contributed by atoms with E-state index in [0.29, 0.717) is 31.9 Å². The van der Waals surface area contributed by atoms with E-state index in [0.717, 1.165) is 39.1 Å². The lowest BCUT2D eigenvalue weighted by Gasteiger charge is -2.34. The van der Waals surface area contributed by atoms with Crippen molar-refractivity contribution < 1.29 is 18.7 Å². The molecule has 0 saturated carbocycles. The fourth-order valence-corrected chi connectivity index (χ4v) is 3.16. The van der Waals surface area contributed by atoms with Crippen LogP contribution in [0.1, 0.15) is 23.2 Å². The molecule has 0 spiro atoms. The number of rotatable bonds is 6. The van der Waals surface area contributed by atoms with Crippen molar-refractivity contribution in [1.29, 1.82) is 0 Å². The third kappa shape index (κ3) is 4.75. The third-order valence-corrected chi connectivity index (χ3v) is 4.61. The van der Waals surface area contributed by atoms with Crippen molar-refractivity contribution in [1.82, 2.24) is 9.80 Å². The second-order valence-electron chi connectivity index (χ2n) is 6.35. The summed E-state index contributed by atoms with van der Waals surface area (Å²) < 4.78 is 24.5. The number of piperazine rings is 1. The zero-order chi connectivity index (χ0) is 16.8. The average Bonchev–Trinajstić information content (AvgIpc) is 3.12. The van der Waals surface area contributed by atoms with Crippen molar-refractivity contribution in [2.75, 3.05) is 52.5 Å². The van der Waals surface area contributed by atoms with Gasteiger partial charge >= 0.3 is 0 Å². The van der Waals surface area contributed by atoms with Crippen LogP contribution < -0.4 is 0 Å². The van der Waals surface area contributed by atoms with Crippen LogP contribution in [0.3, 0.4) is 0 Å². The summed E-state index contributed by atoms with van der Waals surface area (Å²) in [6.07, 6.45) is 2.50. The lowest BCUT2D eigenvalue weighted by Crippen LogP contribution is -2.49. The van der Waals surface area contributed by atoms with Gasteiger partial charge in [0.2, 0.25) is 0 Å². The highest BCUT2D eigenvalue weighted by molar-refractivity contribution is 5.94. The van der Waals surface area contributed by atoms with Crippen LogP contribution in [0.5, 0.6) is 0 Å². The van der Waals surface area contributed by atoms with Gasteiger partial charge < -0.3 is 14.4 Å². The number of hydrogen-bond acceptors (Lipinski definition) is 4.